The van der Waals surface area contributed by atoms with E-state index in [0.717, 1.165) is 11.3 Å². The van der Waals surface area contributed by atoms with Crippen LogP contribution in [0, 0.1) is 12.0 Å². The third-order valence-electron chi connectivity index (χ3n) is 2.85. The number of benzene rings is 2. The summed E-state index contributed by atoms with van der Waals surface area (Å²) in [5.41, 5.74) is 0.978. The molecule has 0 N–H and O–H groups in total. The molecule has 0 fully saturated rings. The molecule has 0 spiro atoms. The van der Waals surface area contributed by atoms with Gasteiger partial charge < -0.3 is 9.47 Å². The highest BCUT2D eigenvalue weighted by Gasteiger charge is 2.11. The van der Waals surface area contributed by atoms with Crippen molar-refractivity contribution in [3.8, 4) is 17.7 Å². The van der Waals surface area contributed by atoms with Gasteiger partial charge in [0.1, 0.15) is 5.75 Å². The zero-order valence-electron chi connectivity index (χ0n) is 12.4. The average molecular weight is 295 g/mol. The second-order valence-corrected chi connectivity index (χ2v) is 4.43. The molecule has 0 saturated carbocycles. The van der Waals surface area contributed by atoms with Gasteiger partial charge in [-0.1, -0.05) is 48.5 Å². The minimum Gasteiger partial charge on any atom is -0.481 e. The number of carbonyl (C=O) groups excluding carboxylic acids is 1. The number of ether oxygens (including phenoxy) is 2. The summed E-state index contributed by atoms with van der Waals surface area (Å²) in [7, 11) is 1.34. The summed E-state index contributed by atoms with van der Waals surface area (Å²) < 4.78 is 10.2. The van der Waals surface area contributed by atoms with Crippen LogP contribution >= 0.6 is 0 Å². The summed E-state index contributed by atoms with van der Waals surface area (Å²) in [6.45, 7) is 0.568. The molecule has 0 unspecified atom stereocenters. The van der Waals surface area contributed by atoms with Crippen molar-refractivity contribution in [2.75, 3.05) is 13.7 Å². The maximum atomic E-state index is 11.7. The Morgan fingerprint density at radius 1 is 1.05 bits per heavy atom. The predicted octanol–water partition coefficient (Wildman–Crippen LogP) is 3.29. The fourth-order valence-corrected chi connectivity index (χ4v) is 1.79. The minimum atomic E-state index is -0.490. The van der Waals surface area contributed by atoms with Crippen LogP contribution in [0.5, 0.6) is 5.75 Å². The predicted molar refractivity (Wildman–Crippen MR) is 84.1 cm³/mol. The lowest BCUT2D eigenvalue weighted by Gasteiger charge is -2.13. The Morgan fingerprint density at radius 2 is 1.68 bits per heavy atom. The number of hydrogen-bond acceptors (Lipinski definition) is 3. The van der Waals surface area contributed by atoms with Crippen LogP contribution in [0.3, 0.4) is 0 Å². The molecule has 0 aliphatic rings. The van der Waals surface area contributed by atoms with Crippen molar-refractivity contribution in [3.05, 3.63) is 66.2 Å². The first kappa shape index (κ1) is 15.5. The van der Waals surface area contributed by atoms with Crippen LogP contribution in [0.4, 0.5) is 4.79 Å². The lowest BCUT2D eigenvalue weighted by Crippen LogP contribution is -2.25. The van der Waals surface area contributed by atoms with Crippen molar-refractivity contribution in [2.24, 2.45) is 0 Å². The van der Waals surface area contributed by atoms with Crippen LogP contribution < -0.4 is 4.74 Å². The fourth-order valence-electron chi connectivity index (χ4n) is 1.79. The zero-order chi connectivity index (χ0) is 15.6. The molecule has 0 aromatic heterocycles. The number of methoxy groups -OCH3 is 1. The Kier molecular flexibility index (Phi) is 5.89. The molecular formula is C18H17NO3. The standard InChI is InChI=1S/C18H17NO3/c1-21-18(20)19(15-16-9-4-2-5-10-16)13-8-14-22-17-11-6-3-7-12-17/h2-7,9-12H,14-15H2,1H3. The summed E-state index contributed by atoms with van der Waals surface area (Å²) >= 11 is 0. The summed E-state index contributed by atoms with van der Waals surface area (Å²) in [6.07, 6.45) is -0.490. The van der Waals surface area contributed by atoms with E-state index in [-0.39, 0.29) is 6.61 Å². The molecule has 2 aromatic carbocycles. The smallest absolute Gasteiger partial charge is 0.421 e. The molecular weight excluding hydrogens is 278 g/mol. The number of para-hydroxylation sites is 1. The fraction of sp³-hybridized carbons (Fsp3) is 0.167. The van der Waals surface area contributed by atoms with Crippen molar-refractivity contribution in [2.45, 2.75) is 6.54 Å². The van der Waals surface area contributed by atoms with Gasteiger partial charge >= 0.3 is 6.09 Å². The van der Waals surface area contributed by atoms with E-state index in [1.165, 1.54) is 12.0 Å². The van der Waals surface area contributed by atoms with Crippen molar-refractivity contribution < 1.29 is 14.3 Å². The molecule has 0 heterocycles. The van der Waals surface area contributed by atoms with Crippen LogP contribution in [-0.2, 0) is 11.3 Å². The van der Waals surface area contributed by atoms with Gasteiger partial charge in [-0.2, -0.15) is 0 Å². The van der Waals surface area contributed by atoms with Gasteiger partial charge in [0.05, 0.1) is 13.7 Å². The van der Waals surface area contributed by atoms with Gasteiger partial charge in [-0.15, -0.1) is 0 Å². The molecule has 1 amide bonds. The van der Waals surface area contributed by atoms with Gasteiger partial charge in [0.25, 0.3) is 0 Å². The van der Waals surface area contributed by atoms with Crippen molar-refractivity contribution in [3.63, 3.8) is 0 Å². The Labute approximate surface area is 130 Å². The van der Waals surface area contributed by atoms with Gasteiger partial charge in [0.2, 0.25) is 0 Å². The van der Waals surface area contributed by atoms with Gasteiger partial charge in [0.15, 0.2) is 6.61 Å². The van der Waals surface area contributed by atoms with Gasteiger partial charge in [0, 0.05) is 6.04 Å². The first-order valence-corrected chi connectivity index (χ1v) is 6.85. The van der Waals surface area contributed by atoms with E-state index in [2.05, 4.69) is 12.0 Å². The molecule has 0 aliphatic heterocycles. The molecule has 112 valence electrons. The van der Waals surface area contributed by atoms with Gasteiger partial charge in [-0.05, 0) is 23.6 Å². The lowest BCUT2D eigenvalue weighted by atomic mass is 10.2. The number of carbonyl (C=O) groups is 1. The van der Waals surface area contributed by atoms with E-state index in [1.807, 2.05) is 60.7 Å². The third-order valence-corrected chi connectivity index (χ3v) is 2.85. The maximum Gasteiger partial charge on any atom is 0.421 e. The van der Waals surface area contributed by atoms with E-state index in [1.54, 1.807) is 0 Å². The highest BCUT2D eigenvalue weighted by Crippen LogP contribution is 2.08. The summed E-state index contributed by atoms with van der Waals surface area (Å²) in [5, 5.41) is 0. The van der Waals surface area contributed by atoms with Crippen LogP contribution in [0.25, 0.3) is 0 Å². The number of hydrogen-bond donors (Lipinski definition) is 0. The van der Waals surface area contributed by atoms with Crippen molar-refractivity contribution >= 4 is 6.09 Å². The molecule has 4 nitrogen and oxygen atoms in total. The third kappa shape index (κ3) is 4.88. The quantitative estimate of drug-likeness (QED) is 0.642. The second-order valence-electron chi connectivity index (χ2n) is 4.43. The summed E-state index contributed by atoms with van der Waals surface area (Å²) in [5.74, 6) is 3.56. The number of rotatable bonds is 4. The molecule has 2 rings (SSSR count). The SMILES string of the molecule is COC(=O)N(C#CCOc1ccccc1)Cc1ccccc1. The monoisotopic (exact) mass is 295 g/mol. The first-order valence-electron chi connectivity index (χ1n) is 6.85. The Balaban J connectivity index is 1.95. The zero-order valence-corrected chi connectivity index (χ0v) is 12.4. The molecule has 0 saturated heterocycles. The maximum absolute atomic E-state index is 11.7. The normalized spacial score (nSPS) is 9.32. The van der Waals surface area contributed by atoms with Crippen LogP contribution in [0.2, 0.25) is 0 Å². The Bertz CT molecular complexity index is 644. The average Bonchev–Trinajstić information content (AvgIpc) is 2.58. The van der Waals surface area contributed by atoms with Gasteiger partial charge in [-0.3, -0.25) is 0 Å². The largest absolute Gasteiger partial charge is 0.481 e. The molecule has 4 heteroatoms. The molecule has 0 aliphatic carbocycles. The molecule has 2 aromatic rings. The van der Waals surface area contributed by atoms with E-state index in [4.69, 9.17) is 9.47 Å². The van der Waals surface area contributed by atoms with Crippen molar-refractivity contribution in [1.82, 2.24) is 4.90 Å². The Hall–Kier alpha value is -2.93. The van der Waals surface area contributed by atoms with E-state index in [0.29, 0.717) is 6.54 Å². The van der Waals surface area contributed by atoms with Crippen LogP contribution in [-0.4, -0.2) is 24.7 Å². The minimum absolute atomic E-state index is 0.201. The van der Waals surface area contributed by atoms with E-state index in [9.17, 15) is 4.79 Å². The lowest BCUT2D eigenvalue weighted by molar-refractivity contribution is 0.141. The Morgan fingerprint density at radius 3 is 2.32 bits per heavy atom. The molecule has 0 atom stereocenters. The topological polar surface area (TPSA) is 38.8 Å². The first-order chi connectivity index (χ1) is 10.8. The van der Waals surface area contributed by atoms with Gasteiger partial charge in [-0.25, -0.2) is 9.69 Å². The molecule has 0 radical (unpaired) electrons. The van der Waals surface area contributed by atoms with Crippen molar-refractivity contribution in [1.29, 1.82) is 0 Å². The van der Waals surface area contributed by atoms with E-state index < -0.39 is 6.09 Å². The second kappa shape index (κ2) is 8.38. The highest BCUT2D eigenvalue weighted by atomic mass is 16.5. The number of amides is 1. The molecule has 22 heavy (non-hydrogen) atoms. The van der Waals surface area contributed by atoms with Crippen LogP contribution in [0.15, 0.2) is 60.7 Å². The highest BCUT2D eigenvalue weighted by molar-refractivity contribution is 5.69. The molecule has 0 bridgehead atoms. The van der Waals surface area contributed by atoms with Crippen LogP contribution in [0.1, 0.15) is 5.56 Å². The summed E-state index contributed by atoms with van der Waals surface area (Å²) in [6, 6.07) is 21.8. The summed E-state index contributed by atoms with van der Waals surface area (Å²) in [4.78, 5) is 13.1. The number of nitrogens with zero attached hydrogens (tertiary/aromatic N) is 1. The van der Waals surface area contributed by atoms with E-state index >= 15 is 0 Å².